The van der Waals surface area contributed by atoms with Crippen molar-refractivity contribution in [1.29, 1.82) is 0 Å². The molecule has 0 atom stereocenters. The summed E-state index contributed by atoms with van der Waals surface area (Å²) in [6, 6.07) is 1.74. The average Bonchev–Trinajstić information content (AvgIpc) is 2.85. The minimum Gasteiger partial charge on any atom is -0.309 e. The van der Waals surface area contributed by atoms with Crippen LogP contribution in [0, 0.1) is 0 Å². The Kier molecular flexibility index (Phi) is 3.43. The predicted molar refractivity (Wildman–Crippen MR) is 63.7 cm³/mol. The third-order valence-electron chi connectivity index (χ3n) is 2.15. The van der Waals surface area contributed by atoms with Gasteiger partial charge in [-0.1, -0.05) is 11.6 Å². The lowest BCUT2D eigenvalue weighted by atomic mass is 10.4. The van der Waals surface area contributed by atoms with Crippen molar-refractivity contribution in [2.45, 2.75) is 13.0 Å². The summed E-state index contributed by atoms with van der Waals surface area (Å²) in [5.41, 5.74) is 0. The molecule has 0 saturated heterocycles. The lowest BCUT2D eigenvalue weighted by Gasteiger charge is -2.02. The van der Waals surface area contributed by atoms with E-state index in [9.17, 15) is 4.79 Å². The summed E-state index contributed by atoms with van der Waals surface area (Å²) in [7, 11) is 1.79. The molecule has 0 bridgehead atoms. The summed E-state index contributed by atoms with van der Waals surface area (Å²) in [5, 5.41) is 11.3. The van der Waals surface area contributed by atoms with Crippen LogP contribution in [0.25, 0.3) is 0 Å². The molecule has 0 saturated carbocycles. The standard InChI is InChI=1S/C10H12ClN5O/c1-15-4-2-9(14-15)13-10(17)3-5-16-7-8(11)6-12-16/h2,4,6-7H,3,5H2,1H3,(H,13,14,17). The second kappa shape index (κ2) is 5.01. The first-order valence-electron chi connectivity index (χ1n) is 5.11. The average molecular weight is 254 g/mol. The normalized spacial score (nSPS) is 10.5. The number of hydrogen-bond acceptors (Lipinski definition) is 3. The summed E-state index contributed by atoms with van der Waals surface area (Å²) >= 11 is 5.71. The number of aromatic nitrogens is 4. The molecule has 1 N–H and O–H groups in total. The van der Waals surface area contributed by atoms with E-state index < -0.39 is 0 Å². The van der Waals surface area contributed by atoms with Crippen LogP contribution in [0.2, 0.25) is 5.02 Å². The number of rotatable bonds is 4. The van der Waals surface area contributed by atoms with Crippen molar-refractivity contribution in [2.24, 2.45) is 7.05 Å². The Labute approximate surface area is 103 Å². The Bertz CT molecular complexity index is 518. The maximum atomic E-state index is 11.6. The number of amides is 1. The molecule has 0 aromatic carbocycles. The molecule has 0 aliphatic carbocycles. The number of anilines is 1. The van der Waals surface area contributed by atoms with Crippen molar-refractivity contribution in [1.82, 2.24) is 19.6 Å². The summed E-state index contributed by atoms with van der Waals surface area (Å²) in [4.78, 5) is 11.6. The number of nitrogens with zero attached hydrogens (tertiary/aromatic N) is 4. The molecule has 17 heavy (non-hydrogen) atoms. The maximum absolute atomic E-state index is 11.6. The monoisotopic (exact) mass is 253 g/mol. The molecule has 2 rings (SSSR count). The molecule has 1 amide bonds. The highest BCUT2D eigenvalue weighted by atomic mass is 35.5. The first kappa shape index (κ1) is 11.7. The van der Waals surface area contributed by atoms with Crippen LogP contribution in [-0.2, 0) is 18.4 Å². The van der Waals surface area contributed by atoms with Crippen molar-refractivity contribution in [2.75, 3.05) is 5.32 Å². The Morgan fingerprint density at radius 1 is 1.59 bits per heavy atom. The zero-order valence-corrected chi connectivity index (χ0v) is 10.1. The molecule has 0 aliphatic rings. The first-order valence-corrected chi connectivity index (χ1v) is 5.49. The summed E-state index contributed by atoms with van der Waals surface area (Å²) in [6.45, 7) is 0.491. The first-order chi connectivity index (χ1) is 8.13. The van der Waals surface area contributed by atoms with Gasteiger partial charge in [0.1, 0.15) is 0 Å². The Balaban J connectivity index is 1.82. The van der Waals surface area contributed by atoms with Crippen LogP contribution >= 0.6 is 11.6 Å². The van der Waals surface area contributed by atoms with Crippen molar-refractivity contribution in [3.63, 3.8) is 0 Å². The number of aryl methyl sites for hydroxylation is 2. The van der Waals surface area contributed by atoms with Gasteiger partial charge in [0.05, 0.1) is 11.2 Å². The second-order valence-corrected chi connectivity index (χ2v) is 4.03. The fourth-order valence-electron chi connectivity index (χ4n) is 1.36. The number of halogens is 1. The second-order valence-electron chi connectivity index (χ2n) is 3.59. The lowest BCUT2D eigenvalue weighted by molar-refractivity contribution is -0.116. The van der Waals surface area contributed by atoms with E-state index in [1.807, 2.05) is 0 Å². The number of nitrogens with one attached hydrogen (secondary N) is 1. The topological polar surface area (TPSA) is 64.7 Å². The quantitative estimate of drug-likeness (QED) is 0.893. The van der Waals surface area contributed by atoms with Crippen LogP contribution in [0.1, 0.15) is 6.42 Å². The van der Waals surface area contributed by atoms with Gasteiger partial charge in [-0.05, 0) is 0 Å². The van der Waals surface area contributed by atoms with E-state index in [0.717, 1.165) is 0 Å². The molecule has 0 spiro atoms. The SMILES string of the molecule is Cn1ccc(NC(=O)CCn2cc(Cl)cn2)n1. The fourth-order valence-corrected chi connectivity index (χ4v) is 1.52. The largest absolute Gasteiger partial charge is 0.309 e. The zero-order chi connectivity index (χ0) is 12.3. The van der Waals surface area contributed by atoms with Crippen molar-refractivity contribution >= 4 is 23.3 Å². The van der Waals surface area contributed by atoms with Gasteiger partial charge in [-0.15, -0.1) is 0 Å². The van der Waals surface area contributed by atoms with Gasteiger partial charge in [-0.3, -0.25) is 14.2 Å². The zero-order valence-electron chi connectivity index (χ0n) is 9.30. The van der Waals surface area contributed by atoms with E-state index in [1.165, 1.54) is 6.20 Å². The van der Waals surface area contributed by atoms with E-state index in [0.29, 0.717) is 23.8 Å². The highest BCUT2D eigenvalue weighted by molar-refractivity contribution is 6.30. The van der Waals surface area contributed by atoms with E-state index in [-0.39, 0.29) is 5.91 Å². The van der Waals surface area contributed by atoms with Crippen LogP contribution in [0.15, 0.2) is 24.7 Å². The molecule has 0 fully saturated rings. The smallest absolute Gasteiger partial charge is 0.227 e. The third-order valence-corrected chi connectivity index (χ3v) is 2.35. The maximum Gasteiger partial charge on any atom is 0.227 e. The van der Waals surface area contributed by atoms with Gasteiger partial charge in [0, 0.05) is 38.5 Å². The minimum absolute atomic E-state index is 0.102. The molecule has 6 nitrogen and oxygen atoms in total. The van der Waals surface area contributed by atoms with E-state index in [1.54, 1.807) is 34.9 Å². The molecular formula is C10H12ClN5O. The number of carbonyl (C=O) groups is 1. The molecule has 0 radical (unpaired) electrons. The molecular weight excluding hydrogens is 242 g/mol. The summed E-state index contributed by atoms with van der Waals surface area (Å²) < 4.78 is 3.25. The van der Waals surface area contributed by atoms with Crippen LogP contribution in [0.4, 0.5) is 5.82 Å². The minimum atomic E-state index is -0.102. The van der Waals surface area contributed by atoms with Crippen LogP contribution in [0.3, 0.4) is 0 Å². The molecule has 7 heteroatoms. The molecule has 0 unspecified atom stereocenters. The van der Waals surface area contributed by atoms with Gasteiger partial charge >= 0.3 is 0 Å². The van der Waals surface area contributed by atoms with E-state index >= 15 is 0 Å². The number of hydrogen-bond donors (Lipinski definition) is 1. The van der Waals surface area contributed by atoms with Crippen LogP contribution < -0.4 is 5.32 Å². The van der Waals surface area contributed by atoms with E-state index in [2.05, 4.69) is 15.5 Å². The summed E-state index contributed by atoms with van der Waals surface area (Å²) in [6.07, 6.45) is 5.31. The van der Waals surface area contributed by atoms with Gasteiger partial charge in [0.25, 0.3) is 0 Å². The van der Waals surface area contributed by atoms with Gasteiger partial charge in [-0.25, -0.2) is 0 Å². The fraction of sp³-hybridized carbons (Fsp3) is 0.300. The van der Waals surface area contributed by atoms with Crippen LogP contribution in [-0.4, -0.2) is 25.5 Å². The van der Waals surface area contributed by atoms with Crippen molar-refractivity contribution < 1.29 is 4.79 Å². The van der Waals surface area contributed by atoms with Gasteiger partial charge in [-0.2, -0.15) is 10.2 Å². The molecule has 0 aliphatic heterocycles. The highest BCUT2D eigenvalue weighted by Crippen LogP contribution is 2.06. The molecule has 2 aromatic heterocycles. The molecule has 2 heterocycles. The number of carbonyl (C=O) groups excluding carboxylic acids is 1. The lowest BCUT2D eigenvalue weighted by Crippen LogP contribution is -2.15. The third kappa shape index (κ3) is 3.32. The Morgan fingerprint density at radius 2 is 2.41 bits per heavy atom. The van der Waals surface area contributed by atoms with Gasteiger partial charge in [0.15, 0.2) is 5.82 Å². The van der Waals surface area contributed by atoms with E-state index in [4.69, 9.17) is 11.6 Å². The van der Waals surface area contributed by atoms with Crippen molar-refractivity contribution in [3.05, 3.63) is 29.7 Å². The summed E-state index contributed by atoms with van der Waals surface area (Å²) in [5.74, 6) is 0.450. The Hall–Kier alpha value is -1.82. The highest BCUT2D eigenvalue weighted by Gasteiger charge is 2.05. The molecule has 90 valence electrons. The predicted octanol–water partition coefficient (Wildman–Crippen LogP) is 1.30. The van der Waals surface area contributed by atoms with Gasteiger partial charge in [0.2, 0.25) is 5.91 Å². The van der Waals surface area contributed by atoms with Gasteiger partial charge < -0.3 is 5.32 Å². The van der Waals surface area contributed by atoms with Crippen molar-refractivity contribution in [3.8, 4) is 0 Å². The Morgan fingerprint density at radius 3 is 3.00 bits per heavy atom. The van der Waals surface area contributed by atoms with Crippen LogP contribution in [0.5, 0.6) is 0 Å². The molecule has 2 aromatic rings.